The molecule has 0 amide bonds. The molecule has 15 nitrogen and oxygen atoms in total. The number of carbonyl (C=O) groups is 2. The van der Waals surface area contributed by atoms with Crippen LogP contribution in [-0.2, 0) is 33.9 Å². The second-order valence-corrected chi connectivity index (χ2v) is 13.4. The Balaban J connectivity index is 1.72. The van der Waals surface area contributed by atoms with Crippen molar-refractivity contribution in [2.24, 2.45) is 5.92 Å². The average Bonchev–Trinajstić information content (AvgIpc) is 3.50. The standard InChI is InChI=1S/C29H39N6O9P/c1-17(2)26(36)42-24-22(43-29(15-30,28(24,6)38)23-13-12-21-25(31)32-16-33-35(21)23)14-40-45(39,44-20-10-8-7-9-11-20)34-19(5)27(37)41-18(3)4/h7-13,16-19,22,24,34,38-39,45H,14H2,1-6H3,(H2,31,32,33)/t19-,22+,24+,28+,29-/m0/s1. The van der Waals surface area contributed by atoms with Crippen molar-refractivity contribution in [1.29, 1.82) is 5.26 Å². The van der Waals surface area contributed by atoms with Crippen molar-refractivity contribution >= 4 is 31.4 Å². The van der Waals surface area contributed by atoms with Gasteiger partial charge in [-0.2, -0.15) is 0 Å². The predicted molar refractivity (Wildman–Crippen MR) is 162 cm³/mol. The second kappa shape index (κ2) is 13.2. The van der Waals surface area contributed by atoms with Crippen LogP contribution in [0, 0.1) is 17.2 Å². The third-order valence-corrected chi connectivity index (χ3v) is 9.06. The zero-order valence-corrected chi connectivity index (χ0v) is 26.8. The molecule has 16 heteroatoms. The number of nitrogen functional groups attached to an aromatic ring is 1. The van der Waals surface area contributed by atoms with E-state index in [0.29, 0.717) is 5.52 Å². The topological polar surface area (TPSA) is 213 Å². The number of fused-ring (bicyclic) bond motifs is 1. The molecule has 1 fully saturated rings. The van der Waals surface area contributed by atoms with Gasteiger partial charge < -0.3 is 0 Å². The molecule has 1 aliphatic rings. The molecule has 3 heterocycles. The Labute approximate surface area is 260 Å². The summed E-state index contributed by atoms with van der Waals surface area (Å²) in [5.41, 5.74) is 2.08. The first kappa shape index (κ1) is 34.0. The molecule has 3 aromatic rings. The van der Waals surface area contributed by atoms with Crippen LogP contribution in [0.25, 0.3) is 5.52 Å². The van der Waals surface area contributed by atoms with E-state index in [1.54, 1.807) is 64.1 Å². The van der Waals surface area contributed by atoms with E-state index in [0.717, 1.165) is 0 Å². The van der Waals surface area contributed by atoms with Crippen LogP contribution in [0.15, 0.2) is 48.8 Å². The molecule has 5 N–H and O–H groups in total. The number of nitrogens with zero attached hydrogens (tertiary/aromatic N) is 4. The zero-order valence-electron chi connectivity index (χ0n) is 25.8. The summed E-state index contributed by atoms with van der Waals surface area (Å²) in [4.78, 5) is 41.1. The molecule has 5 atom stereocenters. The van der Waals surface area contributed by atoms with Gasteiger partial charge in [0.15, 0.2) is 0 Å². The molecule has 1 saturated heterocycles. The number of nitrogens with one attached hydrogen (secondary N) is 1. The first-order chi connectivity index (χ1) is 21.1. The molecular weight excluding hydrogens is 607 g/mol. The first-order valence-corrected chi connectivity index (χ1v) is 16.1. The average molecular weight is 647 g/mol. The van der Waals surface area contributed by atoms with Gasteiger partial charge in [0.2, 0.25) is 0 Å². The Morgan fingerprint density at radius 3 is 2.49 bits per heavy atom. The molecule has 1 aromatic carbocycles. The minimum absolute atomic E-state index is 0.0865. The van der Waals surface area contributed by atoms with Crippen molar-refractivity contribution in [2.75, 3.05) is 12.3 Å². The molecule has 0 spiro atoms. The molecule has 2 aromatic heterocycles. The summed E-state index contributed by atoms with van der Waals surface area (Å²) < 4.78 is 30.3. The van der Waals surface area contributed by atoms with Gasteiger partial charge in [-0.05, 0) is 0 Å². The summed E-state index contributed by atoms with van der Waals surface area (Å²) in [6.07, 6.45) is -2.04. The van der Waals surface area contributed by atoms with Crippen molar-refractivity contribution in [3.8, 4) is 11.8 Å². The fourth-order valence-electron chi connectivity index (χ4n) is 4.89. The Kier molecular flexibility index (Phi) is 9.98. The van der Waals surface area contributed by atoms with Crippen molar-refractivity contribution in [3.05, 3.63) is 54.5 Å². The summed E-state index contributed by atoms with van der Waals surface area (Å²) in [5.74, 6) is -1.58. The fourth-order valence-corrected chi connectivity index (χ4v) is 6.60. The number of para-hydroxylation sites is 1. The molecule has 4 rings (SSSR count). The van der Waals surface area contributed by atoms with Gasteiger partial charge in [-0.15, -0.1) is 0 Å². The van der Waals surface area contributed by atoms with E-state index in [-0.39, 0.29) is 17.3 Å². The summed E-state index contributed by atoms with van der Waals surface area (Å²) in [7, 11) is -4.52. The predicted octanol–water partition coefficient (Wildman–Crippen LogP) is 2.18. The van der Waals surface area contributed by atoms with E-state index >= 15 is 0 Å². The number of hydrogen-bond donors (Lipinski definition) is 4. The summed E-state index contributed by atoms with van der Waals surface area (Å²) >= 11 is 0. The molecule has 0 unspecified atom stereocenters. The van der Waals surface area contributed by atoms with E-state index in [2.05, 4.69) is 15.2 Å². The number of nitrogens with two attached hydrogens (primary N) is 1. The Morgan fingerprint density at radius 1 is 1.18 bits per heavy atom. The van der Waals surface area contributed by atoms with Gasteiger partial charge in [0, 0.05) is 0 Å². The maximum absolute atomic E-state index is 12.8. The van der Waals surface area contributed by atoms with Gasteiger partial charge in [-0.1, -0.05) is 0 Å². The molecule has 0 radical (unpaired) electrons. The third kappa shape index (κ3) is 6.86. The van der Waals surface area contributed by atoms with Gasteiger partial charge in [-0.25, -0.2) is 0 Å². The number of anilines is 1. The number of aromatic nitrogens is 3. The summed E-state index contributed by atoms with van der Waals surface area (Å²) in [6, 6.07) is 12.3. The number of esters is 2. The molecule has 45 heavy (non-hydrogen) atoms. The molecule has 1 aliphatic heterocycles. The number of rotatable bonds is 12. The van der Waals surface area contributed by atoms with Crippen LogP contribution in [0.3, 0.4) is 0 Å². The van der Waals surface area contributed by atoms with E-state index in [1.807, 2.05) is 6.07 Å². The van der Waals surface area contributed by atoms with E-state index in [4.69, 9.17) is 29.0 Å². The molecule has 244 valence electrons. The van der Waals surface area contributed by atoms with Crippen molar-refractivity contribution in [2.45, 2.75) is 77.1 Å². The number of ether oxygens (including phenoxy) is 3. The van der Waals surface area contributed by atoms with Crippen LogP contribution in [0.4, 0.5) is 5.82 Å². The van der Waals surface area contributed by atoms with Crippen molar-refractivity contribution in [1.82, 2.24) is 19.7 Å². The van der Waals surface area contributed by atoms with Crippen LogP contribution < -0.4 is 15.3 Å². The normalized spacial score (nSPS) is 24.4. The molecule has 0 saturated carbocycles. The van der Waals surface area contributed by atoms with Crippen molar-refractivity contribution < 1.29 is 42.8 Å². The molecular formula is C29H39N6O9P. The summed E-state index contributed by atoms with van der Waals surface area (Å²) in [5, 5.41) is 29.5. The van der Waals surface area contributed by atoms with E-state index in [9.17, 15) is 24.9 Å². The number of aliphatic hydroxyl groups is 1. The van der Waals surface area contributed by atoms with Crippen LogP contribution in [0.5, 0.6) is 5.75 Å². The quantitative estimate of drug-likeness (QED) is 0.164. The Morgan fingerprint density at radius 2 is 1.87 bits per heavy atom. The Bertz CT molecular complexity index is 1560. The van der Waals surface area contributed by atoms with Crippen LogP contribution >= 0.6 is 8.09 Å². The fraction of sp³-hybridized carbons (Fsp3) is 0.483. The van der Waals surface area contributed by atoms with Crippen LogP contribution in [0.2, 0.25) is 0 Å². The van der Waals surface area contributed by atoms with E-state index < -0.39 is 68.1 Å². The van der Waals surface area contributed by atoms with Gasteiger partial charge in [-0.3, -0.25) is 0 Å². The first-order valence-electron chi connectivity index (χ1n) is 14.3. The number of nitriles is 1. The number of carbonyl (C=O) groups excluding carboxylic acids is 2. The molecule has 0 aliphatic carbocycles. The third-order valence-electron chi connectivity index (χ3n) is 7.19. The van der Waals surface area contributed by atoms with Gasteiger partial charge in [0.1, 0.15) is 0 Å². The monoisotopic (exact) mass is 646 g/mol. The maximum atomic E-state index is 12.8. The van der Waals surface area contributed by atoms with Crippen molar-refractivity contribution in [3.63, 3.8) is 0 Å². The summed E-state index contributed by atoms with van der Waals surface area (Å²) in [6.45, 7) is 8.80. The Hall–Kier alpha value is -3.90. The van der Waals surface area contributed by atoms with E-state index in [1.165, 1.54) is 30.8 Å². The van der Waals surface area contributed by atoms with Gasteiger partial charge >= 0.3 is 261 Å². The second-order valence-electron chi connectivity index (χ2n) is 11.4. The number of benzene rings is 1. The SMILES string of the molecule is CC(C)OC(=O)[C@H](C)N[PH](O)(OC[C@H]1O[C@@](C#N)(c2ccc3c(N)ncnn23)[C@](C)(O)[C@@H]1OC(=O)C(C)C)Oc1ccccc1. The minimum atomic E-state index is -4.52. The zero-order chi connectivity index (χ0) is 33.2. The van der Waals surface area contributed by atoms with Gasteiger partial charge in [0.05, 0.1) is 0 Å². The van der Waals surface area contributed by atoms with Gasteiger partial charge in [0.25, 0.3) is 0 Å². The molecule has 0 bridgehead atoms. The number of hydrogen-bond acceptors (Lipinski definition) is 14. The van der Waals surface area contributed by atoms with Crippen LogP contribution in [-0.4, -0.2) is 73.1 Å². The van der Waals surface area contributed by atoms with Crippen LogP contribution in [0.1, 0.15) is 47.2 Å².